The average molecular weight is 435 g/mol. The first-order chi connectivity index (χ1) is 15.5. The monoisotopic (exact) mass is 434 g/mol. The third kappa shape index (κ3) is 3.71. The van der Waals surface area contributed by atoms with Crippen molar-refractivity contribution >= 4 is 17.5 Å². The molecule has 0 aromatic heterocycles. The van der Waals surface area contributed by atoms with Crippen LogP contribution >= 0.6 is 0 Å². The number of nitrogens with zero attached hydrogens (tertiary/aromatic N) is 2. The van der Waals surface area contributed by atoms with E-state index >= 15 is 0 Å². The highest BCUT2D eigenvalue weighted by Crippen LogP contribution is 2.43. The molecule has 32 heavy (non-hydrogen) atoms. The van der Waals surface area contributed by atoms with Crippen LogP contribution in [-0.4, -0.2) is 50.5 Å². The molecule has 3 aliphatic rings. The summed E-state index contributed by atoms with van der Waals surface area (Å²) in [7, 11) is 3.74. The van der Waals surface area contributed by atoms with Crippen molar-refractivity contribution in [1.29, 1.82) is 0 Å². The predicted molar refractivity (Wildman–Crippen MR) is 123 cm³/mol. The Kier molecular flexibility index (Phi) is 5.51. The highest BCUT2D eigenvalue weighted by Gasteiger charge is 2.39. The van der Waals surface area contributed by atoms with Crippen LogP contribution in [0.4, 0.5) is 5.69 Å². The maximum atomic E-state index is 13.0. The molecule has 7 nitrogen and oxygen atoms in total. The van der Waals surface area contributed by atoms with E-state index in [9.17, 15) is 9.59 Å². The van der Waals surface area contributed by atoms with Crippen molar-refractivity contribution < 1.29 is 14.3 Å². The van der Waals surface area contributed by atoms with E-state index in [1.165, 1.54) is 0 Å². The number of carbonyl (C=O) groups is 2. The molecule has 0 bridgehead atoms. The number of amides is 2. The molecule has 0 spiro atoms. The molecule has 3 heterocycles. The number of anilines is 1. The van der Waals surface area contributed by atoms with E-state index in [1.807, 2.05) is 42.5 Å². The zero-order valence-electron chi connectivity index (χ0n) is 18.6. The number of rotatable bonds is 4. The molecule has 2 amide bonds. The molecule has 2 unspecified atom stereocenters. The van der Waals surface area contributed by atoms with Gasteiger partial charge in [0.1, 0.15) is 11.9 Å². The van der Waals surface area contributed by atoms with Crippen molar-refractivity contribution in [3.63, 3.8) is 0 Å². The number of likely N-dealkylation sites (tertiary alicyclic amines) is 1. The third-order valence-corrected chi connectivity index (χ3v) is 7.05. The Morgan fingerprint density at radius 1 is 1.06 bits per heavy atom. The Morgan fingerprint density at radius 2 is 1.81 bits per heavy atom. The summed E-state index contributed by atoms with van der Waals surface area (Å²) >= 11 is 0. The first-order valence-electron chi connectivity index (χ1n) is 11.4. The van der Waals surface area contributed by atoms with Crippen LogP contribution < -0.4 is 20.3 Å². The number of methoxy groups -OCH3 is 1. The molecule has 3 aliphatic heterocycles. The van der Waals surface area contributed by atoms with E-state index in [2.05, 4.69) is 27.5 Å². The van der Waals surface area contributed by atoms with E-state index in [1.54, 1.807) is 7.11 Å². The van der Waals surface area contributed by atoms with Crippen LogP contribution in [0.1, 0.15) is 53.0 Å². The lowest BCUT2D eigenvalue weighted by atomic mass is 9.89. The van der Waals surface area contributed by atoms with Gasteiger partial charge < -0.3 is 25.2 Å². The molecule has 2 aromatic rings. The summed E-state index contributed by atoms with van der Waals surface area (Å²) in [4.78, 5) is 30.5. The van der Waals surface area contributed by atoms with E-state index < -0.39 is 0 Å². The maximum absolute atomic E-state index is 13.0. The molecule has 2 aromatic carbocycles. The topological polar surface area (TPSA) is 73.9 Å². The van der Waals surface area contributed by atoms with Gasteiger partial charge >= 0.3 is 0 Å². The van der Waals surface area contributed by atoms with Gasteiger partial charge in [0.25, 0.3) is 5.91 Å². The molecular formula is C25H30N4O3. The fourth-order valence-electron chi connectivity index (χ4n) is 5.18. The summed E-state index contributed by atoms with van der Waals surface area (Å²) in [5.41, 5.74) is 3.65. The van der Waals surface area contributed by atoms with E-state index in [0.29, 0.717) is 5.56 Å². The van der Waals surface area contributed by atoms with Gasteiger partial charge in [0.15, 0.2) is 0 Å². The van der Waals surface area contributed by atoms with Gasteiger partial charge in [-0.05, 0) is 68.7 Å². The quantitative estimate of drug-likeness (QED) is 0.774. The van der Waals surface area contributed by atoms with Gasteiger partial charge in [0.05, 0.1) is 24.4 Å². The zero-order valence-corrected chi connectivity index (χ0v) is 18.6. The predicted octanol–water partition coefficient (Wildman–Crippen LogP) is 2.85. The minimum absolute atomic E-state index is 0.0686. The summed E-state index contributed by atoms with van der Waals surface area (Å²) in [5.74, 6) is 0.911. The van der Waals surface area contributed by atoms with Gasteiger partial charge in [0, 0.05) is 12.5 Å². The smallest absolute Gasteiger partial charge is 0.255 e. The van der Waals surface area contributed by atoms with Crippen molar-refractivity contribution in [3.05, 3.63) is 59.2 Å². The Morgan fingerprint density at radius 3 is 2.53 bits per heavy atom. The SMILES string of the molecule is COc1ccc(C2NC(=O)c3cccc4c3N2CCC4NC(=O)C2CCN(C)CC2)cc1. The number of carbonyl (C=O) groups excluding carboxylic acids is 2. The summed E-state index contributed by atoms with van der Waals surface area (Å²) in [6.07, 6.45) is 2.36. The molecule has 0 radical (unpaired) electrons. The minimum Gasteiger partial charge on any atom is -0.497 e. The number of para-hydroxylation sites is 1. The van der Waals surface area contributed by atoms with Gasteiger partial charge in [-0.3, -0.25) is 9.59 Å². The highest BCUT2D eigenvalue weighted by molar-refractivity contribution is 6.03. The summed E-state index contributed by atoms with van der Waals surface area (Å²) in [5, 5.41) is 6.46. The summed E-state index contributed by atoms with van der Waals surface area (Å²) < 4.78 is 5.28. The average Bonchev–Trinajstić information content (AvgIpc) is 2.82. The fraction of sp³-hybridized carbons (Fsp3) is 0.440. The molecule has 5 rings (SSSR count). The first kappa shape index (κ1) is 20.8. The van der Waals surface area contributed by atoms with E-state index in [-0.39, 0.29) is 29.9 Å². The first-order valence-corrected chi connectivity index (χ1v) is 11.4. The second kappa shape index (κ2) is 8.47. The normalized spacial score (nSPS) is 23.3. The van der Waals surface area contributed by atoms with Gasteiger partial charge in [-0.1, -0.05) is 24.3 Å². The molecule has 2 N–H and O–H groups in total. The van der Waals surface area contributed by atoms with E-state index in [4.69, 9.17) is 4.74 Å². The van der Waals surface area contributed by atoms with Crippen LogP contribution in [-0.2, 0) is 4.79 Å². The fourth-order valence-corrected chi connectivity index (χ4v) is 5.18. The minimum atomic E-state index is -0.243. The molecule has 7 heteroatoms. The van der Waals surface area contributed by atoms with Crippen LogP contribution in [0, 0.1) is 5.92 Å². The zero-order chi connectivity index (χ0) is 22.2. The van der Waals surface area contributed by atoms with Crippen LogP contribution in [0.15, 0.2) is 42.5 Å². The molecule has 2 atom stereocenters. The Bertz CT molecular complexity index is 1010. The second-order valence-electron chi connectivity index (χ2n) is 9.01. The molecule has 1 fully saturated rings. The lowest BCUT2D eigenvalue weighted by Crippen LogP contribution is -2.51. The van der Waals surface area contributed by atoms with Crippen LogP contribution in [0.25, 0.3) is 0 Å². The van der Waals surface area contributed by atoms with Gasteiger partial charge in [-0.2, -0.15) is 0 Å². The Hall–Kier alpha value is -3.06. The Labute approximate surface area is 188 Å². The van der Waals surface area contributed by atoms with Crippen molar-refractivity contribution in [2.75, 3.05) is 38.7 Å². The third-order valence-electron chi connectivity index (χ3n) is 7.05. The van der Waals surface area contributed by atoms with Crippen molar-refractivity contribution in [2.45, 2.75) is 31.5 Å². The number of nitrogens with one attached hydrogen (secondary N) is 2. The molecule has 1 saturated heterocycles. The number of hydrogen-bond donors (Lipinski definition) is 2. The summed E-state index contributed by atoms with van der Waals surface area (Å²) in [6, 6.07) is 13.6. The van der Waals surface area contributed by atoms with E-state index in [0.717, 1.165) is 61.5 Å². The second-order valence-corrected chi connectivity index (χ2v) is 9.01. The highest BCUT2D eigenvalue weighted by atomic mass is 16.5. The molecule has 0 saturated carbocycles. The maximum Gasteiger partial charge on any atom is 0.255 e. The van der Waals surface area contributed by atoms with Gasteiger partial charge in [-0.15, -0.1) is 0 Å². The lowest BCUT2D eigenvalue weighted by molar-refractivity contribution is -0.127. The largest absolute Gasteiger partial charge is 0.497 e. The number of ether oxygens (including phenoxy) is 1. The van der Waals surface area contributed by atoms with Gasteiger partial charge in [-0.25, -0.2) is 0 Å². The van der Waals surface area contributed by atoms with Crippen molar-refractivity contribution in [3.8, 4) is 5.75 Å². The number of benzene rings is 2. The van der Waals surface area contributed by atoms with Gasteiger partial charge in [0.2, 0.25) is 5.91 Å². The Balaban J connectivity index is 1.42. The molecular weight excluding hydrogens is 404 g/mol. The van der Waals surface area contributed by atoms with Crippen molar-refractivity contribution in [2.24, 2.45) is 5.92 Å². The number of piperidine rings is 1. The lowest BCUT2D eigenvalue weighted by Gasteiger charge is -2.45. The van der Waals surface area contributed by atoms with Crippen LogP contribution in [0.3, 0.4) is 0 Å². The molecule has 168 valence electrons. The van der Waals surface area contributed by atoms with Crippen LogP contribution in [0.2, 0.25) is 0 Å². The van der Waals surface area contributed by atoms with Crippen LogP contribution in [0.5, 0.6) is 5.75 Å². The molecule has 0 aliphatic carbocycles. The number of hydrogen-bond acceptors (Lipinski definition) is 5. The standard InChI is InChI=1S/C25H30N4O3/c1-28-13-10-17(11-14-28)24(30)26-21-12-15-29-22-19(21)4-3-5-20(22)25(31)27-23(29)16-6-8-18(32-2)9-7-16/h3-9,17,21,23H,10-15H2,1-2H3,(H,26,30)(H,27,31). The summed E-state index contributed by atoms with van der Waals surface area (Å²) in [6.45, 7) is 2.67. The van der Waals surface area contributed by atoms with Crippen molar-refractivity contribution in [1.82, 2.24) is 15.5 Å².